The maximum absolute atomic E-state index is 11.1. The van der Waals surface area contributed by atoms with Gasteiger partial charge in [-0.05, 0) is 57.8 Å². The fourth-order valence-electron chi connectivity index (χ4n) is 2.56. The monoisotopic (exact) mass is 279 g/mol. The number of fused-ring (bicyclic) bond motifs is 1. The Bertz CT molecular complexity index is 859. The predicted octanol–water partition coefficient (Wildman–Crippen LogP) is 3.70. The van der Waals surface area contributed by atoms with Gasteiger partial charge in [0, 0.05) is 11.1 Å². The highest BCUT2D eigenvalue weighted by Crippen LogP contribution is 2.34. The molecule has 0 aliphatic rings. The van der Waals surface area contributed by atoms with Gasteiger partial charge in [0.15, 0.2) is 0 Å². The van der Waals surface area contributed by atoms with Gasteiger partial charge in [-0.15, -0.1) is 0 Å². The fraction of sp³-hybridized carbons (Fsp3) is 0.0625. The summed E-state index contributed by atoms with van der Waals surface area (Å²) in [6.07, 6.45) is 1.47. The van der Waals surface area contributed by atoms with E-state index in [2.05, 4.69) is 4.98 Å². The first kappa shape index (κ1) is 13.1. The highest BCUT2D eigenvalue weighted by Gasteiger charge is 2.15. The van der Waals surface area contributed by atoms with Crippen LogP contribution in [0.5, 0.6) is 0 Å². The number of nitro groups is 1. The molecule has 0 amide bonds. The first-order valence-corrected chi connectivity index (χ1v) is 6.46. The summed E-state index contributed by atoms with van der Waals surface area (Å²) in [6, 6.07) is 12.9. The first-order valence-electron chi connectivity index (χ1n) is 6.46. The number of aryl methyl sites for hydroxylation is 1. The van der Waals surface area contributed by atoms with Gasteiger partial charge >= 0.3 is 5.82 Å². The molecule has 0 unspecified atom stereocenters. The summed E-state index contributed by atoms with van der Waals surface area (Å²) in [5.74, 6) is -0.123. The molecule has 0 bridgehead atoms. The molecule has 0 radical (unpaired) electrons. The SMILES string of the molecule is Cc1cc(N)ccc1-c1cccc2c([N+](=O)[O-])nccc12. The summed E-state index contributed by atoms with van der Waals surface area (Å²) in [6.45, 7) is 1.97. The predicted molar refractivity (Wildman–Crippen MR) is 83.0 cm³/mol. The standard InChI is InChI=1S/C16H13N3O2/c1-10-9-11(17)5-6-12(10)13-3-2-4-15-14(13)7-8-18-16(15)19(20)21/h2-9H,17H2,1H3. The van der Waals surface area contributed by atoms with Gasteiger partial charge in [0.25, 0.3) is 0 Å². The van der Waals surface area contributed by atoms with Crippen LogP contribution in [0.25, 0.3) is 21.9 Å². The third kappa shape index (κ3) is 2.18. The molecule has 2 aromatic carbocycles. The van der Waals surface area contributed by atoms with Crippen molar-refractivity contribution in [2.75, 3.05) is 5.73 Å². The van der Waals surface area contributed by atoms with E-state index in [0.717, 1.165) is 22.1 Å². The van der Waals surface area contributed by atoms with E-state index in [1.807, 2.05) is 37.3 Å². The van der Waals surface area contributed by atoms with Crippen molar-refractivity contribution < 1.29 is 4.92 Å². The molecule has 1 aromatic heterocycles. The minimum atomic E-state index is -0.456. The van der Waals surface area contributed by atoms with Crippen molar-refractivity contribution in [2.24, 2.45) is 0 Å². The van der Waals surface area contributed by atoms with E-state index in [0.29, 0.717) is 11.1 Å². The maximum Gasteiger partial charge on any atom is 0.371 e. The molecule has 21 heavy (non-hydrogen) atoms. The van der Waals surface area contributed by atoms with E-state index >= 15 is 0 Å². The van der Waals surface area contributed by atoms with Crippen LogP contribution in [0.2, 0.25) is 0 Å². The molecule has 1 heterocycles. The zero-order chi connectivity index (χ0) is 15.0. The average molecular weight is 279 g/mol. The van der Waals surface area contributed by atoms with E-state index in [4.69, 9.17) is 5.73 Å². The number of rotatable bonds is 2. The Balaban J connectivity index is 2.34. The molecule has 0 atom stereocenters. The normalized spacial score (nSPS) is 10.7. The second kappa shape index (κ2) is 4.86. The summed E-state index contributed by atoms with van der Waals surface area (Å²) in [5.41, 5.74) is 9.46. The largest absolute Gasteiger partial charge is 0.399 e. The van der Waals surface area contributed by atoms with Crippen molar-refractivity contribution in [3.05, 3.63) is 64.3 Å². The lowest BCUT2D eigenvalue weighted by atomic mass is 9.95. The second-order valence-corrected chi connectivity index (χ2v) is 4.87. The third-order valence-corrected chi connectivity index (χ3v) is 3.50. The van der Waals surface area contributed by atoms with Crippen LogP contribution in [-0.2, 0) is 0 Å². The summed E-state index contributed by atoms with van der Waals surface area (Å²) >= 11 is 0. The molecule has 0 spiro atoms. The molecule has 0 aliphatic carbocycles. The average Bonchev–Trinajstić information content (AvgIpc) is 2.46. The van der Waals surface area contributed by atoms with Crippen molar-refractivity contribution in [3.63, 3.8) is 0 Å². The Morgan fingerprint density at radius 3 is 2.62 bits per heavy atom. The van der Waals surface area contributed by atoms with Crippen LogP contribution < -0.4 is 5.73 Å². The maximum atomic E-state index is 11.1. The van der Waals surface area contributed by atoms with Gasteiger partial charge in [0.05, 0.1) is 5.39 Å². The Labute approximate surface area is 121 Å². The van der Waals surface area contributed by atoms with Crippen LogP contribution in [0.3, 0.4) is 0 Å². The van der Waals surface area contributed by atoms with Crippen LogP contribution in [-0.4, -0.2) is 9.91 Å². The minimum absolute atomic E-state index is 0.123. The number of nitrogen functional groups attached to an aromatic ring is 1. The molecule has 0 saturated carbocycles. The van der Waals surface area contributed by atoms with Gasteiger partial charge in [-0.2, -0.15) is 0 Å². The molecule has 5 heteroatoms. The number of nitrogens with zero attached hydrogens (tertiary/aromatic N) is 2. The molecule has 0 saturated heterocycles. The van der Waals surface area contributed by atoms with Crippen molar-refractivity contribution in [2.45, 2.75) is 6.92 Å². The van der Waals surface area contributed by atoms with Gasteiger partial charge in [0.1, 0.15) is 6.20 Å². The number of pyridine rings is 1. The number of aromatic nitrogens is 1. The molecule has 0 fully saturated rings. The molecule has 2 N–H and O–H groups in total. The Morgan fingerprint density at radius 1 is 1.10 bits per heavy atom. The van der Waals surface area contributed by atoms with Gasteiger partial charge in [-0.1, -0.05) is 18.2 Å². The van der Waals surface area contributed by atoms with Crippen LogP contribution in [0, 0.1) is 17.0 Å². The molecular formula is C16H13N3O2. The second-order valence-electron chi connectivity index (χ2n) is 4.87. The minimum Gasteiger partial charge on any atom is -0.399 e. The summed E-state index contributed by atoms with van der Waals surface area (Å²) in [7, 11) is 0. The van der Waals surface area contributed by atoms with Crippen LogP contribution >= 0.6 is 0 Å². The van der Waals surface area contributed by atoms with Crippen molar-refractivity contribution in [3.8, 4) is 11.1 Å². The van der Waals surface area contributed by atoms with Crippen LogP contribution in [0.1, 0.15) is 5.56 Å². The molecule has 104 valence electrons. The van der Waals surface area contributed by atoms with Gasteiger partial charge in [-0.25, -0.2) is 0 Å². The number of hydrogen-bond acceptors (Lipinski definition) is 4. The molecule has 5 nitrogen and oxygen atoms in total. The summed E-state index contributed by atoms with van der Waals surface area (Å²) < 4.78 is 0. The van der Waals surface area contributed by atoms with Crippen LogP contribution in [0.15, 0.2) is 48.7 Å². The van der Waals surface area contributed by atoms with Gasteiger partial charge < -0.3 is 15.8 Å². The van der Waals surface area contributed by atoms with Gasteiger partial charge in [-0.3, -0.25) is 0 Å². The lowest BCUT2D eigenvalue weighted by molar-refractivity contribution is -0.387. The third-order valence-electron chi connectivity index (χ3n) is 3.50. The van der Waals surface area contributed by atoms with Crippen molar-refractivity contribution >= 4 is 22.3 Å². The van der Waals surface area contributed by atoms with E-state index in [9.17, 15) is 10.1 Å². The first-order chi connectivity index (χ1) is 10.1. The van der Waals surface area contributed by atoms with E-state index in [1.165, 1.54) is 6.20 Å². The number of anilines is 1. The lowest BCUT2D eigenvalue weighted by Crippen LogP contribution is -1.94. The highest BCUT2D eigenvalue weighted by atomic mass is 16.6. The smallest absolute Gasteiger partial charge is 0.371 e. The number of nitrogens with two attached hydrogens (primary N) is 1. The van der Waals surface area contributed by atoms with E-state index in [-0.39, 0.29) is 5.82 Å². The highest BCUT2D eigenvalue weighted by molar-refractivity contribution is 6.00. The van der Waals surface area contributed by atoms with E-state index < -0.39 is 4.92 Å². The van der Waals surface area contributed by atoms with Crippen LogP contribution in [0.4, 0.5) is 11.5 Å². The lowest BCUT2D eigenvalue weighted by Gasteiger charge is -2.10. The van der Waals surface area contributed by atoms with E-state index in [1.54, 1.807) is 12.1 Å². The zero-order valence-electron chi connectivity index (χ0n) is 11.4. The van der Waals surface area contributed by atoms with Crippen molar-refractivity contribution in [1.29, 1.82) is 0 Å². The summed E-state index contributed by atoms with van der Waals surface area (Å²) in [5, 5.41) is 12.5. The molecule has 3 aromatic rings. The van der Waals surface area contributed by atoms with Crippen molar-refractivity contribution in [1.82, 2.24) is 4.98 Å². The number of hydrogen-bond donors (Lipinski definition) is 1. The molecular weight excluding hydrogens is 266 g/mol. The quantitative estimate of drug-likeness (QED) is 0.440. The van der Waals surface area contributed by atoms with Gasteiger partial charge in [0.2, 0.25) is 0 Å². The molecule has 3 rings (SSSR count). The Morgan fingerprint density at radius 2 is 1.90 bits per heavy atom. The zero-order valence-corrected chi connectivity index (χ0v) is 11.4. The topological polar surface area (TPSA) is 82.0 Å². The summed E-state index contributed by atoms with van der Waals surface area (Å²) in [4.78, 5) is 14.5. The Kier molecular flexibility index (Phi) is 3.02. The number of benzene rings is 2. The fourth-order valence-corrected chi connectivity index (χ4v) is 2.56. The Hall–Kier alpha value is -2.95. The molecule has 0 aliphatic heterocycles.